The van der Waals surface area contributed by atoms with E-state index in [0.29, 0.717) is 18.7 Å². The van der Waals surface area contributed by atoms with Crippen LogP contribution in [0.2, 0.25) is 0 Å². The Morgan fingerprint density at radius 2 is 2.00 bits per heavy atom. The highest BCUT2D eigenvalue weighted by atomic mass is 32.1. The van der Waals surface area contributed by atoms with Crippen LogP contribution in [0.15, 0.2) is 23.7 Å². The number of nitrogens with zero attached hydrogens (tertiary/aromatic N) is 1. The van der Waals surface area contributed by atoms with Gasteiger partial charge >= 0.3 is 5.97 Å². The fourth-order valence-corrected chi connectivity index (χ4v) is 3.73. The van der Waals surface area contributed by atoms with Crippen LogP contribution < -0.4 is 5.32 Å². The molecule has 0 aliphatic heterocycles. The molecular formula is C15H18N2O2S. The van der Waals surface area contributed by atoms with Gasteiger partial charge in [0.15, 0.2) is 0 Å². The molecule has 0 radical (unpaired) electrons. The van der Waals surface area contributed by atoms with Crippen LogP contribution in [0.5, 0.6) is 0 Å². The van der Waals surface area contributed by atoms with Crippen molar-refractivity contribution in [2.24, 2.45) is 0 Å². The lowest BCUT2D eigenvalue weighted by Crippen LogP contribution is -2.46. The smallest absolute Gasteiger partial charge is 0.329 e. The molecule has 2 aromatic rings. The second-order valence-electron chi connectivity index (χ2n) is 5.42. The molecule has 0 atom stereocenters. The van der Waals surface area contributed by atoms with Gasteiger partial charge in [-0.1, -0.05) is 25.7 Å². The number of carboxylic acid groups (broad SMARTS) is 1. The molecule has 106 valence electrons. The minimum absolute atomic E-state index is 0.671. The first-order valence-electron chi connectivity index (χ1n) is 7.05. The maximum absolute atomic E-state index is 11.8. The Morgan fingerprint density at radius 3 is 2.70 bits per heavy atom. The summed E-state index contributed by atoms with van der Waals surface area (Å²) in [6, 6.07) is 3.97. The van der Waals surface area contributed by atoms with Crippen LogP contribution in [0.1, 0.15) is 38.5 Å². The van der Waals surface area contributed by atoms with Crippen LogP contribution in [0.3, 0.4) is 0 Å². The zero-order valence-electron chi connectivity index (χ0n) is 11.3. The fourth-order valence-electron chi connectivity index (χ4n) is 2.95. The highest BCUT2D eigenvalue weighted by molar-refractivity contribution is 7.17. The molecule has 20 heavy (non-hydrogen) atoms. The summed E-state index contributed by atoms with van der Waals surface area (Å²) < 4.78 is 1.14. The SMILES string of the molecule is O=C(O)C1(Nc2nccc3sccc23)CCCCCC1. The third-order valence-electron chi connectivity index (χ3n) is 4.10. The van der Waals surface area contributed by atoms with Gasteiger partial charge in [-0.25, -0.2) is 9.78 Å². The molecule has 0 amide bonds. The van der Waals surface area contributed by atoms with E-state index in [0.717, 1.165) is 35.8 Å². The van der Waals surface area contributed by atoms with Crippen molar-refractivity contribution in [3.8, 4) is 0 Å². The van der Waals surface area contributed by atoms with E-state index in [1.165, 1.54) is 0 Å². The monoisotopic (exact) mass is 290 g/mol. The summed E-state index contributed by atoms with van der Waals surface area (Å²) in [6.07, 6.45) is 7.24. The van der Waals surface area contributed by atoms with Crippen LogP contribution in [0.4, 0.5) is 5.82 Å². The van der Waals surface area contributed by atoms with Crippen molar-refractivity contribution in [3.05, 3.63) is 23.7 Å². The third-order valence-corrected chi connectivity index (χ3v) is 4.99. The van der Waals surface area contributed by atoms with Crippen molar-refractivity contribution in [3.63, 3.8) is 0 Å². The van der Waals surface area contributed by atoms with Gasteiger partial charge in [0, 0.05) is 16.3 Å². The van der Waals surface area contributed by atoms with E-state index >= 15 is 0 Å². The highest BCUT2D eigenvalue weighted by Crippen LogP contribution is 2.34. The van der Waals surface area contributed by atoms with Crippen molar-refractivity contribution < 1.29 is 9.90 Å². The van der Waals surface area contributed by atoms with Gasteiger partial charge in [0.2, 0.25) is 0 Å². The van der Waals surface area contributed by atoms with Crippen LogP contribution in [0, 0.1) is 0 Å². The van der Waals surface area contributed by atoms with Crippen molar-refractivity contribution in [1.29, 1.82) is 0 Å². The van der Waals surface area contributed by atoms with Gasteiger partial charge < -0.3 is 10.4 Å². The summed E-state index contributed by atoms with van der Waals surface area (Å²) in [6.45, 7) is 0. The molecule has 2 heterocycles. The van der Waals surface area contributed by atoms with Gasteiger partial charge in [-0.15, -0.1) is 11.3 Å². The second kappa shape index (κ2) is 5.40. The molecule has 0 unspecified atom stereocenters. The number of aromatic nitrogens is 1. The van der Waals surface area contributed by atoms with Gasteiger partial charge in [-0.2, -0.15) is 0 Å². The number of carboxylic acids is 1. The average Bonchev–Trinajstić information content (AvgIpc) is 2.79. The Bertz CT molecular complexity index is 615. The number of rotatable bonds is 3. The Kier molecular flexibility index (Phi) is 3.61. The Labute approximate surface area is 121 Å². The van der Waals surface area contributed by atoms with Gasteiger partial charge in [0.25, 0.3) is 0 Å². The van der Waals surface area contributed by atoms with Crippen molar-refractivity contribution >= 4 is 33.2 Å². The number of hydrogen-bond acceptors (Lipinski definition) is 4. The minimum Gasteiger partial charge on any atom is -0.480 e. The minimum atomic E-state index is -0.861. The van der Waals surface area contributed by atoms with E-state index in [-0.39, 0.29) is 0 Å². The molecule has 0 saturated heterocycles. The van der Waals surface area contributed by atoms with E-state index in [1.807, 2.05) is 17.5 Å². The first-order valence-corrected chi connectivity index (χ1v) is 7.93. The molecule has 0 spiro atoms. The topological polar surface area (TPSA) is 62.2 Å². The summed E-state index contributed by atoms with van der Waals surface area (Å²) in [5.74, 6) is -0.0542. The van der Waals surface area contributed by atoms with Gasteiger partial charge in [-0.05, 0) is 30.4 Å². The standard InChI is InChI=1S/C15H18N2O2S/c18-14(19)15(7-3-1-2-4-8-15)17-13-11-6-10-20-12(11)5-9-16-13/h5-6,9-10H,1-4,7-8H2,(H,16,17)(H,18,19). The van der Waals surface area contributed by atoms with E-state index < -0.39 is 11.5 Å². The molecule has 0 bridgehead atoms. The van der Waals surface area contributed by atoms with E-state index in [1.54, 1.807) is 17.5 Å². The lowest BCUT2D eigenvalue weighted by Gasteiger charge is -2.30. The fraction of sp³-hybridized carbons (Fsp3) is 0.467. The van der Waals surface area contributed by atoms with E-state index in [9.17, 15) is 9.90 Å². The Morgan fingerprint density at radius 1 is 1.25 bits per heavy atom. The molecular weight excluding hydrogens is 272 g/mol. The number of thiophene rings is 1. The van der Waals surface area contributed by atoms with Gasteiger partial charge in [0.05, 0.1) is 0 Å². The number of nitrogens with one attached hydrogen (secondary N) is 1. The van der Waals surface area contributed by atoms with Crippen LogP contribution in [0.25, 0.3) is 10.1 Å². The number of pyridine rings is 1. The molecule has 1 saturated carbocycles. The van der Waals surface area contributed by atoms with Crippen molar-refractivity contribution in [2.75, 3.05) is 5.32 Å². The molecule has 0 aromatic carbocycles. The molecule has 1 fully saturated rings. The lowest BCUT2D eigenvalue weighted by molar-refractivity contribution is -0.142. The summed E-state index contributed by atoms with van der Waals surface area (Å²) in [7, 11) is 0. The maximum atomic E-state index is 11.8. The largest absolute Gasteiger partial charge is 0.480 e. The number of hydrogen-bond donors (Lipinski definition) is 2. The number of anilines is 1. The molecule has 2 N–H and O–H groups in total. The third kappa shape index (κ3) is 2.38. The number of fused-ring (bicyclic) bond motifs is 1. The molecule has 4 nitrogen and oxygen atoms in total. The zero-order chi connectivity index (χ0) is 14.0. The first kappa shape index (κ1) is 13.4. The quantitative estimate of drug-likeness (QED) is 0.842. The van der Waals surface area contributed by atoms with Crippen molar-refractivity contribution in [1.82, 2.24) is 4.98 Å². The second-order valence-corrected chi connectivity index (χ2v) is 6.37. The van der Waals surface area contributed by atoms with Gasteiger partial charge in [0.1, 0.15) is 11.4 Å². The summed E-state index contributed by atoms with van der Waals surface area (Å²) in [5, 5.41) is 16.0. The molecule has 2 aromatic heterocycles. The maximum Gasteiger partial charge on any atom is 0.329 e. The first-order chi connectivity index (χ1) is 9.71. The van der Waals surface area contributed by atoms with Crippen molar-refractivity contribution in [2.45, 2.75) is 44.1 Å². The molecule has 1 aliphatic carbocycles. The summed E-state index contributed by atoms with van der Waals surface area (Å²) in [4.78, 5) is 16.2. The predicted molar refractivity (Wildman–Crippen MR) is 81.3 cm³/mol. The zero-order valence-corrected chi connectivity index (χ0v) is 12.1. The van der Waals surface area contributed by atoms with E-state index in [2.05, 4.69) is 10.3 Å². The molecule has 1 aliphatic rings. The highest BCUT2D eigenvalue weighted by Gasteiger charge is 2.39. The normalized spacial score (nSPS) is 18.6. The number of aliphatic carboxylic acids is 1. The van der Waals surface area contributed by atoms with Crippen LogP contribution >= 0.6 is 11.3 Å². The molecule has 3 rings (SSSR count). The Balaban J connectivity index is 1.97. The van der Waals surface area contributed by atoms with Gasteiger partial charge in [-0.3, -0.25) is 0 Å². The summed E-state index contributed by atoms with van der Waals surface area (Å²) in [5.41, 5.74) is -0.861. The Hall–Kier alpha value is -1.62. The van der Waals surface area contributed by atoms with E-state index in [4.69, 9.17) is 0 Å². The summed E-state index contributed by atoms with van der Waals surface area (Å²) >= 11 is 1.65. The van der Waals surface area contributed by atoms with Crippen LogP contribution in [-0.4, -0.2) is 21.6 Å². The average molecular weight is 290 g/mol. The molecule has 5 heteroatoms. The lowest BCUT2D eigenvalue weighted by atomic mass is 9.90. The predicted octanol–water partition coefficient (Wildman–Crippen LogP) is 3.89. The number of carbonyl (C=O) groups is 1. The van der Waals surface area contributed by atoms with Crippen LogP contribution in [-0.2, 0) is 4.79 Å².